The first-order chi connectivity index (χ1) is 15.0. The quantitative estimate of drug-likeness (QED) is 0.183. The zero-order valence-electron chi connectivity index (χ0n) is 17.8. The van der Waals surface area contributed by atoms with Gasteiger partial charge in [0.1, 0.15) is 16.3 Å². The van der Waals surface area contributed by atoms with Crippen molar-refractivity contribution < 1.29 is 97.3 Å². The molecule has 0 bridgehead atoms. The van der Waals surface area contributed by atoms with Crippen molar-refractivity contribution in [2.75, 3.05) is 0 Å². The number of carboxylic acid groups (broad SMARTS) is 1. The van der Waals surface area contributed by atoms with Crippen molar-refractivity contribution >= 4 is 38.8 Å². The zero-order valence-corrected chi connectivity index (χ0v) is 22.6. The first-order valence-electron chi connectivity index (χ1n) is 8.54. The Kier molecular flexibility index (Phi) is 10.8. The molecular formula is C19H12N4Na2O8S. The number of azo groups is 2. The largest absolute Gasteiger partial charge is 1.00 e. The number of benzene rings is 3. The summed E-state index contributed by atoms with van der Waals surface area (Å²) in [5.74, 6) is -3.08. The van der Waals surface area contributed by atoms with Crippen LogP contribution in [0.1, 0.15) is 10.4 Å². The van der Waals surface area contributed by atoms with E-state index in [0.29, 0.717) is 0 Å². The zero-order chi connectivity index (χ0) is 23.5. The summed E-state index contributed by atoms with van der Waals surface area (Å²) >= 11 is 0. The van der Waals surface area contributed by atoms with E-state index in [4.69, 9.17) is 5.11 Å². The molecule has 0 amide bonds. The molecule has 15 heteroatoms. The van der Waals surface area contributed by atoms with E-state index < -0.39 is 38.0 Å². The third-order valence-corrected chi connectivity index (χ3v) is 4.79. The van der Waals surface area contributed by atoms with Crippen LogP contribution in [0.2, 0.25) is 0 Å². The van der Waals surface area contributed by atoms with Crippen molar-refractivity contribution in [3.05, 3.63) is 60.2 Å². The van der Waals surface area contributed by atoms with Gasteiger partial charge in [-0.25, -0.2) is 4.79 Å². The molecule has 3 aromatic rings. The van der Waals surface area contributed by atoms with Crippen molar-refractivity contribution in [2.45, 2.75) is 4.90 Å². The number of phenols is 1. The van der Waals surface area contributed by atoms with Gasteiger partial charge < -0.3 is 20.4 Å². The molecule has 0 spiro atoms. The molecule has 0 aromatic heterocycles. The van der Waals surface area contributed by atoms with Crippen LogP contribution in [0.4, 0.5) is 22.7 Å². The second kappa shape index (κ2) is 12.4. The average Bonchev–Trinajstić information content (AvgIpc) is 2.72. The Labute approximate surface area is 237 Å². The van der Waals surface area contributed by atoms with Crippen LogP contribution >= 0.6 is 0 Å². The molecule has 0 saturated carbocycles. The summed E-state index contributed by atoms with van der Waals surface area (Å²) in [5, 5.41) is 56.3. The molecule has 0 radical (unpaired) electrons. The van der Waals surface area contributed by atoms with Crippen LogP contribution < -0.4 is 69.3 Å². The Hall–Kier alpha value is -2.36. The fourth-order valence-corrected chi connectivity index (χ4v) is 3.05. The third kappa shape index (κ3) is 7.58. The van der Waals surface area contributed by atoms with Gasteiger partial charge in [0.15, 0.2) is 0 Å². The van der Waals surface area contributed by atoms with Gasteiger partial charge in [-0.05, 0) is 48.5 Å². The van der Waals surface area contributed by atoms with E-state index >= 15 is 0 Å². The summed E-state index contributed by atoms with van der Waals surface area (Å²) in [5.41, 5.74) is -1.02. The average molecular weight is 502 g/mol. The number of nitrogens with zero attached hydrogens (tertiary/aromatic N) is 4. The maximum absolute atomic E-state index is 11.7. The fourth-order valence-electron chi connectivity index (χ4n) is 2.41. The molecular weight excluding hydrogens is 490 g/mol. The van der Waals surface area contributed by atoms with Gasteiger partial charge in [-0.15, -0.1) is 5.11 Å². The minimum absolute atomic E-state index is 0. The van der Waals surface area contributed by atoms with Crippen LogP contribution in [0.3, 0.4) is 0 Å². The molecule has 0 aliphatic rings. The topological polar surface area (TPSA) is 207 Å². The van der Waals surface area contributed by atoms with E-state index in [2.05, 4.69) is 20.5 Å². The Bertz CT molecular complexity index is 1380. The number of carbonyl (C=O) groups is 1. The van der Waals surface area contributed by atoms with E-state index in [1.165, 1.54) is 24.3 Å². The van der Waals surface area contributed by atoms with Gasteiger partial charge in [0, 0.05) is 0 Å². The standard InChI is InChI=1S/C19H14N4O8S.2Na/c24-12-3-5-14(17(26)9-12)22-23-15-4-1-11(8-18(15)32(29,30)31)21-20-10-2-6-16(25)13(7-10)19(27)28;;/h1-9,24-26H,(H,27,28)(H,29,30,31);;/q;2*+1/p-2. The molecule has 0 unspecified atom stereocenters. The summed E-state index contributed by atoms with van der Waals surface area (Å²) in [6.07, 6.45) is 0. The Morgan fingerprint density at radius 1 is 0.765 bits per heavy atom. The maximum atomic E-state index is 11.7. The fraction of sp³-hybridized carbons (Fsp3) is 0. The molecule has 12 nitrogen and oxygen atoms in total. The molecule has 3 N–H and O–H groups in total. The smallest absolute Gasteiger partial charge is 0.872 e. The summed E-state index contributed by atoms with van der Waals surface area (Å²) in [6.45, 7) is 0. The first-order valence-corrected chi connectivity index (χ1v) is 9.98. The minimum Gasteiger partial charge on any atom is -0.872 e. The van der Waals surface area contributed by atoms with E-state index in [9.17, 15) is 33.1 Å². The molecule has 0 fully saturated rings. The number of aromatic carboxylic acids is 1. The van der Waals surface area contributed by atoms with Crippen LogP contribution in [0.5, 0.6) is 17.2 Å². The number of phenolic OH excluding ortho intramolecular Hbond substituents is 1. The van der Waals surface area contributed by atoms with E-state index in [1.54, 1.807) is 0 Å². The van der Waals surface area contributed by atoms with Gasteiger partial charge in [0.05, 0.1) is 22.6 Å². The molecule has 3 aromatic carbocycles. The van der Waals surface area contributed by atoms with Crippen molar-refractivity contribution in [1.29, 1.82) is 0 Å². The monoisotopic (exact) mass is 502 g/mol. The summed E-state index contributed by atoms with van der Waals surface area (Å²) in [7, 11) is -4.78. The van der Waals surface area contributed by atoms with Gasteiger partial charge in [-0.1, -0.05) is 17.6 Å². The molecule has 0 aliphatic heterocycles. The van der Waals surface area contributed by atoms with Crippen molar-refractivity contribution in [1.82, 2.24) is 0 Å². The second-order valence-electron chi connectivity index (χ2n) is 6.16. The number of hydrogen-bond donors (Lipinski definition) is 3. The van der Waals surface area contributed by atoms with Gasteiger partial charge in [0.2, 0.25) is 0 Å². The Balaban J connectivity index is 0.00000289. The molecule has 164 valence electrons. The van der Waals surface area contributed by atoms with Gasteiger partial charge in [0.25, 0.3) is 10.1 Å². The number of rotatable bonds is 6. The normalized spacial score (nSPS) is 11.2. The predicted octanol–water partition coefficient (Wildman–Crippen LogP) is -2.68. The SMILES string of the molecule is O=C(O)c1cc(N=Nc2ccc(N=Nc3ccc(O)cc3[O-])c(S(=O)(=O)O)c2)ccc1[O-].[Na+].[Na+]. The minimum atomic E-state index is -4.78. The second-order valence-corrected chi connectivity index (χ2v) is 7.55. The van der Waals surface area contributed by atoms with E-state index in [0.717, 1.165) is 30.3 Å². The van der Waals surface area contributed by atoms with E-state index in [-0.39, 0.29) is 87.6 Å². The first kappa shape index (κ1) is 29.7. The number of aromatic hydroxyl groups is 1. The summed E-state index contributed by atoms with van der Waals surface area (Å²) in [4.78, 5) is 10.3. The molecule has 0 aliphatic carbocycles. The molecule has 0 atom stereocenters. The van der Waals surface area contributed by atoms with Gasteiger partial charge >= 0.3 is 65.1 Å². The van der Waals surface area contributed by atoms with Crippen molar-refractivity contribution in [2.24, 2.45) is 20.5 Å². The van der Waals surface area contributed by atoms with Crippen LogP contribution in [0.25, 0.3) is 0 Å². The molecule has 3 rings (SSSR count). The molecule has 34 heavy (non-hydrogen) atoms. The van der Waals surface area contributed by atoms with Crippen molar-refractivity contribution in [3.8, 4) is 17.2 Å². The Morgan fingerprint density at radius 3 is 1.91 bits per heavy atom. The maximum Gasteiger partial charge on any atom is 1.00 e. The number of carboxylic acids is 1. The van der Waals surface area contributed by atoms with Crippen LogP contribution in [0.15, 0.2) is 79.9 Å². The van der Waals surface area contributed by atoms with Crippen LogP contribution in [-0.4, -0.2) is 29.2 Å². The Morgan fingerprint density at radius 2 is 1.32 bits per heavy atom. The summed E-state index contributed by atoms with van der Waals surface area (Å²) in [6, 6.07) is 9.85. The van der Waals surface area contributed by atoms with Crippen molar-refractivity contribution in [3.63, 3.8) is 0 Å². The molecule has 0 saturated heterocycles. The van der Waals surface area contributed by atoms with Crippen LogP contribution in [0, 0.1) is 0 Å². The number of hydrogen-bond acceptors (Lipinski definition) is 10. The van der Waals surface area contributed by atoms with Gasteiger partial charge in [-0.2, -0.15) is 23.8 Å². The predicted molar refractivity (Wildman–Crippen MR) is 105 cm³/mol. The molecule has 0 heterocycles. The van der Waals surface area contributed by atoms with E-state index in [1.807, 2.05) is 0 Å². The summed E-state index contributed by atoms with van der Waals surface area (Å²) < 4.78 is 33.0. The van der Waals surface area contributed by atoms with Gasteiger partial charge in [-0.3, -0.25) is 4.55 Å². The van der Waals surface area contributed by atoms with Crippen LogP contribution in [-0.2, 0) is 10.1 Å². The third-order valence-electron chi connectivity index (χ3n) is 3.90.